The first-order valence-electron chi connectivity index (χ1n) is 9.62. The smallest absolute Gasteiger partial charge is 0.148 e. The Hall–Kier alpha value is -2.97. The molecule has 0 bridgehead atoms. The van der Waals surface area contributed by atoms with Crippen molar-refractivity contribution in [1.29, 1.82) is 0 Å². The number of nitrogens with zero attached hydrogens (tertiary/aromatic N) is 2. The van der Waals surface area contributed by atoms with Crippen molar-refractivity contribution in [2.75, 3.05) is 0 Å². The van der Waals surface area contributed by atoms with Gasteiger partial charge in [0.15, 0.2) is 0 Å². The second kappa shape index (κ2) is 8.59. The normalized spacial score (nSPS) is 12.9. The van der Waals surface area contributed by atoms with E-state index in [4.69, 9.17) is 17.0 Å². The van der Waals surface area contributed by atoms with E-state index in [0.717, 1.165) is 16.8 Å². The Morgan fingerprint density at radius 2 is 2.00 bits per heavy atom. The molecule has 1 aliphatic rings. The molecule has 0 aliphatic heterocycles. The summed E-state index contributed by atoms with van der Waals surface area (Å²) in [7, 11) is 0. The topological polar surface area (TPSA) is 27.1 Å². The van der Waals surface area contributed by atoms with Crippen LogP contribution in [0.5, 0.6) is 5.75 Å². The molecule has 5 heteroatoms. The number of aryl methyl sites for hydroxylation is 1. The van der Waals surface area contributed by atoms with Crippen molar-refractivity contribution in [3.63, 3.8) is 0 Å². The third-order valence-electron chi connectivity index (χ3n) is 4.81. The predicted molar refractivity (Wildman–Crippen MR) is 114 cm³/mol. The summed E-state index contributed by atoms with van der Waals surface area (Å²) in [5, 5.41) is 0. The number of benzene rings is 1. The zero-order valence-electron chi connectivity index (χ0n) is 16.2. The van der Waals surface area contributed by atoms with Crippen molar-refractivity contribution < 1.29 is 9.13 Å². The van der Waals surface area contributed by atoms with Gasteiger partial charge in [-0.3, -0.25) is 4.98 Å². The minimum atomic E-state index is -0.376. The minimum absolute atomic E-state index is 0.0637. The minimum Gasteiger partial charge on any atom is -0.487 e. The van der Waals surface area contributed by atoms with Crippen LogP contribution < -0.4 is 4.74 Å². The van der Waals surface area contributed by atoms with Gasteiger partial charge in [0.25, 0.3) is 0 Å². The molecule has 0 N–H and O–H groups in total. The summed E-state index contributed by atoms with van der Waals surface area (Å²) < 4.78 is 22.1. The van der Waals surface area contributed by atoms with Crippen LogP contribution >= 0.6 is 12.2 Å². The molecule has 3 nitrogen and oxygen atoms in total. The van der Waals surface area contributed by atoms with Crippen molar-refractivity contribution in [3.05, 3.63) is 87.7 Å². The fourth-order valence-corrected chi connectivity index (χ4v) is 3.27. The highest BCUT2D eigenvalue weighted by Crippen LogP contribution is 2.27. The molecule has 29 heavy (non-hydrogen) atoms. The molecule has 0 spiro atoms. The van der Waals surface area contributed by atoms with Gasteiger partial charge < -0.3 is 9.30 Å². The Morgan fingerprint density at radius 1 is 1.21 bits per heavy atom. The van der Waals surface area contributed by atoms with E-state index in [0.29, 0.717) is 22.9 Å². The number of aromatic nitrogens is 2. The van der Waals surface area contributed by atoms with Crippen LogP contribution in [0.3, 0.4) is 0 Å². The predicted octanol–water partition coefficient (Wildman–Crippen LogP) is 5.45. The van der Waals surface area contributed by atoms with Gasteiger partial charge in [0.1, 0.15) is 28.5 Å². The van der Waals surface area contributed by atoms with E-state index in [2.05, 4.69) is 45.7 Å². The number of hydrogen-bond acceptors (Lipinski definition) is 3. The number of pyridine rings is 2. The quantitative estimate of drug-likeness (QED) is 0.418. The van der Waals surface area contributed by atoms with Gasteiger partial charge in [-0.25, -0.2) is 4.39 Å². The Labute approximate surface area is 175 Å². The third kappa shape index (κ3) is 5.10. The summed E-state index contributed by atoms with van der Waals surface area (Å²) in [6.45, 7) is 2.73. The largest absolute Gasteiger partial charge is 0.487 e. The van der Waals surface area contributed by atoms with Crippen LogP contribution in [0.4, 0.5) is 4.39 Å². The maximum atomic E-state index is 13.7. The molecule has 1 aliphatic carbocycles. The number of ether oxygens (including phenoxy) is 1. The van der Waals surface area contributed by atoms with Crippen LogP contribution in [-0.4, -0.2) is 9.55 Å². The van der Waals surface area contributed by atoms with Crippen LogP contribution in [0.2, 0.25) is 0 Å². The van der Waals surface area contributed by atoms with Crippen molar-refractivity contribution in [2.24, 2.45) is 5.92 Å². The summed E-state index contributed by atoms with van der Waals surface area (Å²) in [4.78, 5) is 4.00. The first-order valence-corrected chi connectivity index (χ1v) is 10.0. The second-order valence-corrected chi connectivity index (χ2v) is 7.64. The summed E-state index contributed by atoms with van der Waals surface area (Å²) in [5.74, 6) is 7.35. The molecule has 1 saturated carbocycles. The van der Waals surface area contributed by atoms with Gasteiger partial charge >= 0.3 is 0 Å². The summed E-state index contributed by atoms with van der Waals surface area (Å²) >= 11 is 5.56. The molecule has 4 rings (SSSR count). The van der Waals surface area contributed by atoms with Crippen LogP contribution in [0.1, 0.15) is 35.4 Å². The van der Waals surface area contributed by atoms with E-state index in [-0.39, 0.29) is 18.1 Å². The lowest BCUT2D eigenvalue weighted by Gasteiger charge is -2.14. The summed E-state index contributed by atoms with van der Waals surface area (Å²) in [6, 6.07) is 14.9. The summed E-state index contributed by atoms with van der Waals surface area (Å²) in [6.07, 6.45) is 4.02. The van der Waals surface area contributed by atoms with Crippen LogP contribution in [0.15, 0.2) is 54.7 Å². The molecule has 0 radical (unpaired) electrons. The van der Waals surface area contributed by atoms with E-state index < -0.39 is 0 Å². The molecule has 0 amide bonds. The van der Waals surface area contributed by atoms with Gasteiger partial charge in [0, 0.05) is 36.0 Å². The zero-order chi connectivity index (χ0) is 20.2. The number of halogens is 1. The van der Waals surface area contributed by atoms with E-state index in [1.165, 1.54) is 18.9 Å². The molecule has 0 atom stereocenters. The monoisotopic (exact) mass is 404 g/mol. The van der Waals surface area contributed by atoms with E-state index in [1.807, 2.05) is 13.0 Å². The second-order valence-electron chi connectivity index (χ2n) is 7.22. The molecule has 2 heterocycles. The molecular weight excluding hydrogens is 383 g/mol. The SMILES string of the molecule is Cc1cc(OCc2ncccc2F)cc(=S)n1Cc1ccc(C#CC2CC2)cc1. The van der Waals surface area contributed by atoms with Crippen molar-refractivity contribution >= 4 is 12.2 Å². The molecule has 0 saturated heterocycles. The van der Waals surface area contributed by atoms with Gasteiger partial charge in [-0.15, -0.1) is 0 Å². The van der Waals surface area contributed by atoms with Gasteiger partial charge in [-0.1, -0.05) is 36.2 Å². The molecule has 1 fully saturated rings. The zero-order valence-corrected chi connectivity index (χ0v) is 17.0. The number of rotatable bonds is 5. The number of hydrogen-bond donors (Lipinski definition) is 0. The van der Waals surface area contributed by atoms with Crippen molar-refractivity contribution in [3.8, 4) is 17.6 Å². The molecular formula is C24H21FN2OS. The maximum Gasteiger partial charge on any atom is 0.148 e. The molecule has 1 aromatic carbocycles. The van der Waals surface area contributed by atoms with Gasteiger partial charge in [-0.2, -0.15) is 0 Å². The molecule has 146 valence electrons. The highest BCUT2D eigenvalue weighted by atomic mass is 32.1. The maximum absolute atomic E-state index is 13.7. The lowest BCUT2D eigenvalue weighted by Crippen LogP contribution is -2.07. The highest BCUT2D eigenvalue weighted by Gasteiger charge is 2.17. The van der Waals surface area contributed by atoms with Crippen LogP contribution in [0.25, 0.3) is 0 Å². The molecule has 0 unspecified atom stereocenters. The van der Waals surface area contributed by atoms with E-state index in [1.54, 1.807) is 18.3 Å². The van der Waals surface area contributed by atoms with Crippen molar-refractivity contribution in [2.45, 2.75) is 32.9 Å². The Kier molecular flexibility index (Phi) is 5.73. The van der Waals surface area contributed by atoms with E-state index in [9.17, 15) is 4.39 Å². The van der Waals surface area contributed by atoms with Crippen LogP contribution in [0, 0.1) is 35.1 Å². The van der Waals surface area contributed by atoms with Gasteiger partial charge in [0.2, 0.25) is 0 Å². The standard InChI is InChI=1S/C24H21FN2OS/c1-17-13-21(28-16-23-22(25)3-2-12-26-23)14-24(29)27(17)15-20-10-8-19(9-11-20)7-6-18-4-5-18/h2-3,8-14,18H,4-5,15-16H2,1H3. The lowest BCUT2D eigenvalue weighted by atomic mass is 10.1. The Bertz CT molecular complexity index is 1140. The van der Waals surface area contributed by atoms with Gasteiger partial charge in [-0.05, 0) is 55.7 Å². The van der Waals surface area contributed by atoms with E-state index >= 15 is 0 Å². The van der Waals surface area contributed by atoms with Gasteiger partial charge in [0.05, 0.1) is 0 Å². The fraction of sp³-hybridized carbons (Fsp3) is 0.250. The molecule has 3 aromatic rings. The Morgan fingerprint density at radius 3 is 2.69 bits per heavy atom. The third-order valence-corrected chi connectivity index (χ3v) is 5.15. The average Bonchev–Trinajstić information content (AvgIpc) is 3.54. The van der Waals surface area contributed by atoms with Crippen LogP contribution in [-0.2, 0) is 13.2 Å². The first-order chi connectivity index (χ1) is 14.1. The molecule has 2 aromatic heterocycles. The Balaban J connectivity index is 1.45. The fourth-order valence-electron chi connectivity index (χ4n) is 2.95. The summed E-state index contributed by atoms with van der Waals surface area (Å²) in [5.41, 5.74) is 3.46. The first kappa shape index (κ1) is 19.4. The average molecular weight is 405 g/mol. The van der Waals surface area contributed by atoms with Crippen molar-refractivity contribution in [1.82, 2.24) is 9.55 Å². The highest BCUT2D eigenvalue weighted by molar-refractivity contribution is 7.71. The lowest BCUT2D eigenvalue weighted by molar-refractivity contribution is 0.293.